The van der Waals surface area contributed by atoms with Crippen LogP contribution in [0.4, 0.5) is 0 Å². The number of hydrogen-bond donors (Lipinski definition) is 1. The molecule has 1 aromatic carbocycles. The monoisotopic (exact) mass is 308 g/mol. The van der Waals surface area contributed by atoms with Crippen LogP contribution in [-0.2, 0) is 7.05 Å². The first-order valence-electron chi connectivity index (χ1n) is 5.84. The highest BCUT2D eigenvalue weighted by atomic mass is 79.9. The van der Waals surface area contributed by atoms with Gasteiger partial charge >= 0.3 is 0 Å². The van der Waals surface area contributed by atoms with Crippen molar-refractivity contribution in [3.05, 3.63) is 45.2 Å². The van der Waals surface area contributed by atoms with Crippen LogP contribution < -0.4 is 5.32 Å². The van der Waals surface area contributed by atoms with Crippen LogP contribution in [0.25, 0.3) is 0 Å². The lowest BCUT2D eigenvalue weighted by molar-refractivity contribution is 0.595. The molecule has 1 aromatic heterocycles. The first kappa shape index (κ1) is 13.2. The Morgan fingerprint density at radius 3 is 2.61 bits per heavy atom. The SMILES string of the molecule is CNC(c1cc(C)ccc1C)c1c(Br)nnn1C. The fourth-order valence-electron chi connectivity index (χ4n) is 2.16. The van der Waals surface area contributed by atoms with Gasteiger partial charge in [0.2, 0.25) is 0 Å². The standard InChI is InChI=1S/C13H17BrN4/c1-8-5-6-9(2)10(7-8)11(15-3)12-13(14)16-17-18(12)4/h5-7,11,15H,1-4H3. The van der Waals surface area contributed by atoms with Crippen LogP contribution in [-0.4, -0.2) is 22.0 Å². The van der Waals surface area contributed by atoms with Crippen LogP contribution in [0.5, 0.6) is 0 Å². The van der Waals surface area contributed by atoms with E-state index in [4.69, 9.17) is 0 Å². The van der Waals surface area contributed by atoms with Crippen molar-refractivity contribution in [3.63, 3.8) is 0 Å². The molecule has 0 amide bonds. The van der Waals surface area contributed by atoms with Crippen molar-refractivity contribution in [2.75, 3.05) is 7.05 Å². The van der Waals surface area contributed by atoms with Gasteiger partial charge in [-0.15, -0.1) is 5.10 Å². The van der Waals surface area contributed by atoms with Gasteiger partial charge in [0.15, 0.2) is 4.60 Å². The zero-order chi connectivity index (χ0) is 13.3. The van der Waals surface area contributed by atoms with Crippen LogP contribution in [0.3, 0.4) is 0 Å². The van der Waals surface area contributed by atoms with E-state index in [1.54, 1.807) is 4.68 Å². The van der Waals surface area contributed by atoms with E-state index in [0.29, 0.717) is 0 Å². The van der Waals surface area contributed by atoms with E-state index in [2.05, 4.69) is 63.6 Å². The normalized spacial score (nSPS) is 12.7. The highest BCUT2D eigenvalue weighted by Gasteiger charge is 2.21. The summed E-state index contributed by atoms with van der Waals surface area (Å²) in [5.41, 5.74) is 4.80. The Balaban J connectivity index is 2.55. The zero-order valence-corrected chi connectivity index (χ0v) is 12.6. The van der Waals surface area contributed by atoms with E-state index in [0.717, 1.165) is 10.3 Å². The summed E-state index contributed by atoms with van der Waals surface area (Å²) in [6, 6.07) is 6.56. The van der Waals surface area contributed by atoms with Gasteiger partial charge in [-0.2, -0.15) is 0 Å². The summed E-state index contributed by atoms with van der Waals surface area (Å²) in [5, 5.41) is 11.4. The summed E-state index contributed by atoms with van der Waals surface area (Å²) in [6.07, 6.45) is 0. The molecular formula is C13H17BrN4. The molecule has 2 aromatic rings. The molecule has 0 fully saturated rings. The summed E-state index contributed by atoms with van der Waals surface area (Å²) >= 11 is 3.46. The maximum Gasteiger partial charge on any atom is 0.153 e. The number of nitrogens with zero attached hydrogens (tertiary/aromatic N) is 3. The lowest BCUT2D eigenvalue weighted by Crippen LogP contribution is -2.22. The van der Waals surface area contributed by atoms with Crippen molar-refractivity contribution in [1.29, 1.82) is 0 Å². The second kappa shape index (κ2) is 5.20. The Kier molecular flexibility index (Phi) is 3.82. The predicted octanol–water partition coefficient (Wildman–Crippen LogP) is 2.50. The topological polar surface area (TPSA) is 42.7 Å². The van der Waals surface area contributed by atoms with Crippen molar-refractivity contribution in [2.45, 2.75) is 19.9 Å². The van der Waals surface area contributed by atoms with E-state index in [9.17, 15) is 0 Å². The molecule has 1 heterocycles. The van der Waals surface area contributed by atoms with Crippen molar-refractivity contribution in [2.24, 2.45) is 7.05 Å². The van der Waals surface area contributed by atoms with Gasteiger partial charge in [-0.1, -0.05) is 29.0 Å². The van der Waals surface area contributed by atoms with E-state index >= 15 is 0 Å². The van der Waals surface area contributed by atoms with Crippen LogP contribution in [0.1, 0.15) is 28.4 Å². The van der Waals surface area contributed by atoms with Crippen molar-refractivity contribution in [1.82, 2.24) is 20.3 Å². The molecule has 0 spiro atoms. The second-order valence-corrected chi connectivity index (χ2v) is 5.22. The Bertz CT molecular complexity index is 543. The highest BCUT2D eigenvalue weighted by Crippen LogP contribution is 2.28. The van der Waals surface area contributed by atoms with Gasteiger partial charge in [-0.3, -0.25) is 0 Å². The molecule has 2 rings (SSSR count). The van der Waals surface area contributed by atoms with Gasteiger partial charge in [-0.25, -0.2) is 4.68 Å². The third kappa shape index (κ3) is 2.33. The van der Waals surface area contributed by atoms with E-state index in [-0.39, 0.29) is 6.04 Å². The maximum absolute atomic E-state index is 4.05. The number of nitrogens with one attached hydrogen (secondary N) is 1. The Morgan fingerprint density at radius 1 is 1.33 bits per heavy atom. The van der Waals surface area contributed by atoms with Gasteiger partial charge in [0.05, 0.1) is 11.7 Å². The Morgan fingerprint density at radius 2 is 2.06 bits per heavy atom. The molecule has 1 atom stereocenters. The number of hydrogen-bond acceptors (Lipinski definition) is 3. The number of halogens is 1. The Hall–Kier alpha value is -1.20. The fraction of sp³-hybridized carbons (Fsp3) is 0.385. The molecule has 1 unspecified atom stereocenters. The summed E-state index contributed by atoms with van der Waals surface area (Å²) in [6.45, 7) is 4.23. The lowest BCUT2D eigenvalue weighted by Gasteiger charge is -2.19. The first-order chi connectivity index (χ1) is 8.54. The molecule has 0 aliphatic rings. The van der Waals surface area contributed by atoms with E-state index in [1.165, 1.54) is 16.7 Å². The average molecular weight is 309 g/mol. The molecule has 0 saturated carbocycles. The smallest absolute Gasteiger partial charge is 0.153 e. The summed E-state index contributed by atoms with van der Waals surface area (Å²) in [4.78, 5) is 0. The van der Waals surface area contributed by atoms with Gasteiger partial charge in [0, 0.05) is 7.05 Å². The maximum atomic E-state index is 4.05. The quantitative estimate of drug-likeness (QED) is 0.947. The largest absolute Gasteiger partial charge is 0.308 e. The van der Waals surface area contributed by atoms with Crippen molar-refractivity contribution in [3.8, 4) is 0 Å². The van der Waals surface area contributed by atoms with Gasteiger partial charge in [0.25, 0.3) is 0 Å². The molecule has 18 heavy (non-hydrogen) atoms. The highest BCUT2D eigenvalue weighted by molar-refractivity contribution is 9.10. The molecule has 1 N–H and O–H groups in total. The number of benzene rings is 1. The van der Waals surface area contributed by atoms with E-state index in [1.807, 2.05) is 14.1 Å². The van der Waals surface area contributed by atoms with Crippen molar-refractivity contribution >= 4 is 15.9 Å². The molecule has 0 aliphatic carbocycles. The minimum Gasteiger partial charge on any atom is -0.308 e. The Labute approximate surface area is 116 Å². The molecule has 0 radical (unpaired) electrons. The second-order valence-electron chi connectivity index (χ2n) is 4.47. The first-order valence-corrected chi connectivity index (χ1v) is 6.63. The number of rotatable bonds is 3. The molecule has 0 aliphatic heterocycles. The van der Waals surface area contributed by atoms with Crippen LogP contribution in [0, 0.1) is 13.8 Å². The lowest BCUT2D eigenvalue weighted by atomic mass is 9.97. The molecule has 96 valence electrons. The average Bonchev–Trinajstić information content (AvgIpc) is 2.66. The molecule has 0 saturated heterocycles. The van der Waals surface area contributed by atoms with Gasteiger partial charge in [-0.05, 0) is 48.0 Å². The summed E-state index contributed by atoms with van der Waals surface area (Å²) < 4.78 is 2.58. The molecule has 4 nitrogen and oxygen atoms in total. The molecular weight excluding hydrogens is 292 g/mol. The summed E-state index contributed by atoms with van der Waals surface area (Å²) in [7, 11) is 3.86. The molecule has 5 heteroatoms. The van der Waals surface area contributed by atoms with Gasteiger partial charge < -0.3 is 5.32 Å². The van der Waals surface area contributed by atoms with E-state index < -0.39 is 0 Å². The van der Waals surface area contributed by atoms with Crippen LogP contribution in [0.2, 0.25) is 0 Å². The number of aromatic nitrogens is 3. The van der Waals surface area contributed by atoms with Crippen LogP contribution in [0.15, 0.2) is 22.8 Å². The third-order valence-electron chi connectivity index (χ3n) is 3.13. The minimum absolute atomic E-state index is 0.0827. The minimum atomic E-state index is 0.0827. The third-order valence-corrected chi connectivity index (χ3v) is 3.70. The van der Waals surface area contributed by atoms with Crippen molar-refractivity contribution < 1.29 is 0 Å². The summed E-state index contributed by atoms with van der Waals surface area (Å²) in [5.74, 6) is 0. The van der Waals surface area contributed by atoms with Crippen LogP contribution >= 0.6 is 15.9 Å². The van der Waals surface area contributed by atoms with Gasteiger partial charge in [0.1, 0.15) is 0 Å². The zero-order valence-electron chi connectivity index (χ0n) is 11.0. The predicted molar refractivity (Wildman–Crippen MR) is 75.5 cm³/mol. The fourth-order valence-corrected chi connectivity index (χ4v) is 2.71. The number of aryl methyl sites for hydroxylation is 3. The molecule has 0 bridgehead atoms.